The lowest BCUT2D eigenvalue weighted by Gasteiger charge is -1.97. The van der Waals surface area contributed by atoms with Crippen molar-refractivity contribution in [1.82, 2.24) is 0 Å². The van der Waals surface area contributed by atoms with Gasteiger partial charge in [-0.15, -0.1) is 0 Å². The molecule has 2 aromatic rings. The molecule has 0 fully saturated rings. The highest BCUT2D eigenvalue weighted by Gasteiger charge is 2.12. The van der Waals surface area contributed by atoms with Gasteiger partial charge in [-0.05, 0) is 32.4 Å². The summed E-state index contributed by atoms with van der Waals surface area (Å²) in [5, 5.41) is 0.956. The second-order valence-corrected chi connectivity index (χ2v) is 3.52. The van der Waals surface area contributed by atoms with Crippen LogP contribution in [0.4, 0.5) is 0 Å². The summed E-state index contributed by atoms with van der Waals surface area (Å²) in [5.74, 6) is 0.966. The Morgan fingerprint density at radius 2 is 2.00 bits per heavy atom. The van der Waals surface area contributed by atoms with E-state index in [0.29, 0.717) is 0 Å². The third-order valence-corrected chi connectivity index (χ3v) is 2.57. The van der Waals surface area contributed by atoms with Crippen LogP contribution >= 0.6 is 0 Å². The van der Waals surface area contributed by atoms with Gasteiger partial charge in [0.25, 0.3) is 0 Å². The van der Waals surface area contributed by atoms with Crippen LogP contribution in [0.3, 0.4) is 0 Å². The van der Waals surface area contributed by atoms with Gasteiger partial charge in [-0.25, -0.2) is 0 Å². The van der Waals surface area contributed by atoms with Gasteiger partial charge < -0.3 is 4.42 Å². The van der Waals surface area contributed by atoms with E-state index in [4.69, 9.17) is 4.42 Å². The number of rotatable bonds is 1. The standard InChI is InChI=1S/C12H12O2/c1-7-9(3)14-11-6-4-5-10(8(2)13)12(7)11/h4-6H,1-3H3. The second-order valence-electron chi connectivity index (χ2n) is 3.52. The monoisotopic (exact) mass is 188 g/mol. The predicted octanol–water partition coefficient (Wildman–Crippen LogP) is 3.25. The molecule has 0 amide bonds. The summed E-state index contributed by atoms with van der Waals surface area (Å²) < 4.78 is 5.54. The van der Waals surface area contributed by atoms with E-state index in [1.807, 2.05) is 32.0 Å². The molecule has 1 aromatic carbocycles. The minimum Gasteiger partial charge on any atom is -0.461 e. The third-order valence-electron chi connectivity index (χ3n) is 2.57. The van der Waals surface area contributed by atoms with E-state index in [0.717, 1.165) is 27.9 Å². The van der Waals surface area contributed by atoms with Crippen LogP contribution in [-0.2, 0) is 0 Å². The number of hydrogen-bond donors (Lipinski definition) is 0. The van der Waals surface area contributed by atoms with Gasteiger partial charge >= 0.3 is 0 Å². The molecule has 0 saturated carbocycles. The first-order valence-corrected chi connectivity index (χ1v) is 4.61. The molecule has 0 aliphatic heterocycles. The molecule has 0 atom stereocenters. The maximum Gasteiger partial charge on any atom is 0.160 e. The summed E-state index contributed by atoms with van der Waals surface area (Å²) in [6, 6.07) is 5.58. The first kappa shape index (κ1) is 9.00. The summed E-state index contributed by atoms with van der Waals surface area (Å²) in [7, 11) is 0. The molecule has 0 N–H and O–H groups in total. The average Bonchev–Trinajstić information content (AvgIpc) is 2.43. The number of aryl methyl sites for hydroxylation is 2. The Bertz CT molecular complexity index is 506. The van der Waals surface area contributed by atoms with Crippen molar-refractivity contribution in [3.8, 4) is 0 Å². The Labute approximate surface area is 82.5 Å². The fraction of sp³-hybridized carbons (Fsp3) is 0.250. The van der Waals surface area contributed by atoms with E-state index in [1.165, 1.54) is 0 Å². The molecule has 14 heavy (non-hydrogen) atoms. The van der Waals surface area contributed by atoms with Crippen molar-refractivity contribution in [1.29, 1.82) is 0 Å². The Morgan fingerprint density at radius 3 is 2.64 bits per heavy atom. The van der Waals surface area contributed by atoms with Gasteiger partial charge in [0, 0.05) is 10.9 Å². The van der Waals surface area contributed by atoms with Gasteiger partial charge in [0.2, 0.25) is 0 Å². The number of furan rings is 1. The van der Waals surface area contributed by atoms with Crippen molar-refractivity contribution in [2.45, 2.75) is 20.8 Å². The molecule has 1 heterocycles. The summed E-state index contributed by atoms with van der Waals surface area (Å²) in [5.41, 5.74) is 2.61. The van der Waals surface area contributed by atoms with Gasteiger partial charge in [-0.2, -0.15) is 0 Å². The molecular formula is C12H12O2. The zero-order valence-corrected chi connectivity index (χ0v) is 8.55. The van der Waals surface area contributed by atoms with Crippen LogP contribution in [-0.4, -0.2) is 5.78 Å². The van der Waals surface area contributed by atoms with Gasteiger partial charge in [-0.1, -0.05) is 12.1 Å². The zero-order valence-electron chi connectivity index (χ0n) is 8.55. The van der Waals surface area contributed by atoms with Crippen LogP contribution in [0, 0.1) is 13.8 Å². The Morgan fingerprint density at radius 1 is 1.29 bits per heavy atom. The highest BCUT2D eigenvalue weighted by Crippen LogP contribution is 2.27. The first-order chi connectivity index (χ1) is 6.61. The molecule has 0 saturated heterocycles. The molecular weight excluding hydrogens is 176 g/mol. The number of benzene rings is 1. The normalized spacial score (nSPS) is 10.8. The van der Waals surface area contributed by atoms with E-state index >= 15 is 0 Å². The molecule has 0 aliphatic carbocycles. The number of fused-ring (bicyclic) bond motifs is 1. The third kappa shape index (κ3) is 1.15. The van der Waals surface area contributed by atoms with Crippen LogP contribution in [0.15, 0.2) is 22.6 Å². The minimum absolute atomic E-state index is 0.0829. The predicted molar refractivity (Wildman–Crippen MR) is 55.7 cm³/mol. The van der Waals surface area contributed by atoms with Crippen molar-refractivity contribution in [2.24, 2.45) is 0 Å². The largest absolute Gasteiger partial charge is 0.461 e. The van der Waals surface area contributed by atoms with Crippen molar-refractivity contribution in [2.75, 3.05) is 0 Å². The van der Waals surface area contributed by atoms with E-state index in [1.54, 1.807) is 6.92 Å². The topological polar surface area (TPSA) is 30.2 Å². The summed E-state index contributed by atoms with van der Waals surface area (Å²) >= 11 is 0. The fourth-order valence-electron chi connectivity index (χ4n) is 1.71. The Hall–Kier alpha value is -1.57. The van der Waals surface area contributed by atoms with Crippen molar-refractivity contribution in [3.05, 3.63) is 35.1 Å². The number of hydrogen-bond acceptors (Lipinski definition) is 2. The molecule has 0 radical (unpaired) electrons. The fourth-order valence-corrected chi connectivity index (χ4v) is 1.71. The maximum atomic E-state index is 11.4. The highest BCUT2D eigenvalue weighted by molar-refractivity contribution is 6.07. The average molecular weight is 188 g/mol. The zero-order chi connectivity index (χ0) is 10.3. The van der Waals surface area contributed by atoms with Crippen LogP contribution in [0.25, 0.3) is 11.0 Å². The van der Waals surface area contributed by atoms with Gasteiger partial charge in [-0.3, -0.25) is 4.79 Å². The van der Waals surface area contributed by atoms with Gasteiger partial charge in [0.1, 0.15) is 11.3 Å². The summed E-state index contributed by atoms with van der Waals surface area (Å²) in [6.45, 7) is 5.48. The van der Waals surface area contributed by atoms with E-state index in [2.05, 4.69) is 0 Å². The SMILES string of the molecule is CC(=O)c1cccc2oc(C)c(C)c12. The maximum absolute atomic E-state index is 11.4. The van der Waals surface area contributed by atoms with Crippen molar-refractivity contribution < 1.29 is 9.21 Å². The van der Waals surface area contributed by atoms with Crippen molar-refractivity contribution >= 4 is 16.8 Å². The number of carbonyl (C=O) groups excluding carboxylic acids is 1. The van der Waals surface area contributed by atoms with Gasteiger partial charge in [0.15, 0.2) is 5.78 Å². The van der Waals surface area contributed by atoms with E-state index in [9.17, 15) is 4.79 Å². The Balaban J connectivity index is 2.91. The molecule has 0 bridgehead atoms. The van der Waals surface area contributed by atoms with Crippen LogP contribution in [0.2, 0.25) is 0 Å². The van der Waals surface area contributed by atoms with Crippen molar-refractivity contribution in [3.63, 3.8) is 0 Å². The number of Topliss-reactive ketones (excluding diaryl/α,β-unsaturated/α-hetero) is 1. The van der Waals surface area contributed by atoms with E-state index < -0.39 is 0 Å². The Kier molecular flexibility index (Phi) is 1.92. The molecule has 2 nitrogen and oxygen atoms in total. The van der Waals surface area contributed by atoms with Gasteiger partial charge in [0.05, 0.1) is 0 Å². The summed E-state index contributed by atoms with van der Waals surface area (Å²) in [4.78, 5) is 11.4. The lowest BCUT2D eigenvalue weighted by molar-refractivity contribution is 0.101. The number of ketones is 1. The molecule has 0 unspecified atom stereocenters. The van der Waals surface area contributed by atoms with Crippen LogP contribution in [0.5, 0.6) is 0 Å². The molecule has 2 heteroatoms. The smallest absolute Gasteiger partial charge is 0.160 e. The lowest BCUT2D eigenvalue weighted by Crippen LogP contribution is -1.92. The molecule has 2 rings (SSSR count). The molecule has 72 valence electrons. The summed E-state index contributed by atoms with van der Waals surface area (Å²) in [6.07, 6.45) is 0. The second kappa shape index (κ2) is 2.98. The highest BCUT2D eigenvalue weighted by atomic mass is 16.3. The minimum atomic E-state index is 0.0829. The van der Waals surface area contributed by atoms with E-state index in [-0.39, 0.29) is 5.78 Å². The molecule has 0 aliphatic rings. The molecule has 0 spiro atoms. The first-order valence-electron chi connectivity index (χ1n) is 4.61. The van der Waals surface area contributed by atoms with Crippen LogP contribution in [0.1, 0.15) is 28.6 Å². The van der Waals surface area contributed by atoms with Crippen LogP contribution < -0.4 is 0 Å². The lowest BCUT2D eigenvalue weighted by atomic mass is 10.0. The quantitative estimate of drug-likeness (QED) is 0.643. The number of carbonyl (C=O) groups is 1. The molecule has 1 aromatic heterocycles.